The summed E-state index contributed by atoms with van der Waals surface area (Å²) in [5.41, 5.74) is 0.483. The molecular formula is C32H35ClFN5O5S. The van der Waals surface area contributed by atoms with E-state index in [1.165, 1.54) is 37.7 Å². The maximum absolute atomic E-state index is 14.3. The Hall–Kier alpha value is -4.02. The molecular weight excluding hydrogens is 621 g/mol. The van der Waals surface area contributed by atoms with Crippen molar-refractivity contribution in [2.45, 2.75) is 63.3 Å². The van der Waals surface area contributed by atoms with E-state index in [0.717, 1.165) is 0 Å². The summed E-state index contributed by atoms with van der Waals surface area (Å²) in [5.74, 6) is 5.13. The summed E-state index contributed by atoms with van der Waals surface area (Å²) in [6, 6.07) is 12.5. The summed E-state index contributed by atoms with van der Waals surface area (Å²) in [6.45, 7) is 8.47. The number of carbonyl (C=O) groups excluding carboxylic acids is 1. The van der Waals surface area contributed by atoms with Gasteiger partial charge in [-0.15, -0.1) is 0 Å². The lowest BCUT2D eigenvalue weighted by molar-refractivity contribution is 0.0891. The molecule has 0 aliphatic heterocycles. The quantitative estimate of drug-likeness (QED) is 0.231. The molecule has 0 bridgehead atoms. The van der Waals surface area contributed by atoms with Crippen molar-refractivity contribution in [1.29, 1.82) is 0 Å². The number of aromatic nitrogens is 3. The van der Waals surface area contributed by atoms with Gasteiger partial charge in [-0.3, -0.25) is 4.68 Å². The number of fused-ring (bicyclic) bond motifs is 1. The zero-order valence-corrected chi connectivity index (χ0v) is 27.6. The van der Waals surface area contributed by atoms with E-state index in [9.17, 15) is 22.7 Å². The number of hydrogen-bond donors (Lipinski definition) is 3. The Balaban J connectivity index is 2.02. The third-order valence-corrected chi connectivity index (χ3v) is 8.13. The van der Waals surface area contributed by atoms with Gasteiger partial charge >= 0.3 is 6.09 Å². The summed E-state index contributed by atoms with van der Waals surface area (Å²) in [4.78, 5) is 17.9. The van der Waals surface area contributed by atoms with Gasteiger partial charge in [0.2, 0.25) is 5.03 Å². The summed E-state index contributed by atoms with van der Waals surface area (Å²) in [6.07, 6.45) is -1.75. The Labute approximate surface area is 267 Å². The number of hydrogen-bond acceptors (Lipinski definition) is 7. The highest BCUT2D eigenvalue weighted by Crippen LogP contribution is 2.40. The molecule has 0 radical (unpaired) electrons. The molecule has 45 heavy (non-hydrogen) atoms. The monoisotopic (exact) mass is 655 g/mol. The fourth-order valence-electron chi connectivity index (χ4n) is 4.62. The predicted molar refractivity (Wildman–Crippen MR) is 171 cm³/mol. The molecule has 2 heterocycles. The highest BCUT2D eigenvalue weighted by atomic mass is 35.5. The summed E-state index contributed by atoms with van der Waals surface area (Å²) in [7, 11) is -1.13. The van der Waals surface area contributed by atoms with Crippen molar-refractivity contribution >= 4 is 38.6 Å². The van der Waals surface area contributed by atoms with E-state index in [4.69, 9.17) is 21.3 Å². The lowest BCUT2D eigenvalue weighted by Gasteiger charge is -2.25. The number of nitrogens with one attached hydrogen (secondary N) is 2. The molecule has 3 N–H and O–H groups in total. The van der Waals surface area contributed by atoms with Crippen LogP contribution in [0.15, 0.2) is 53.6 Å². The summed E-state index contributed by atoms with van der Waals surface area (Å²) in [5, 5.41) is 17.4. The highest BCUT2D eigenvalue weighted by molar-refractivity contribution is 7.89. The molecule has 10 nitrogen and oxygen atoms in total. The van der Waals surface area contributed by atoms with Gasteiger partial charge in [-0.25, -0.2) is 27.3 Å². The van der Waals surface area contributed by atoms with Crippen LogP contribution in [0.2, 0.25) is 5.02 Å². The molecule has 0 saturated carbocycles. The molecule has 13 heteroatoms. The second kappa shape index (κ2) is 12.8. The van der Waals surface area contributed by atoms with Gasteiger partial charge in [-0.1, -0.05) is 35.7 Å². The highest BCUT2D eigenvalue weighted by Gasteiger charge is 2.29. The minimum absolute atomic E-state index is 0.0409. The van der Waals surface area contributed by atoms with Crippen LogP contribution in [-0.4, -0.2) is 52.6 Å². The molecule has 2 aromatic carbocycles. The molecule has 4 aromatic rings. The Bertz CT molecular complexity index is 1940. The number of nitrogens with zero attached hydrogens (tertiary/aromatic N) is 3. The molecule has 0 spiro atoms. The van der Waals surface area contributed by atoms with E-state index in [-0.39, 0.29) is 33.2 Å². The first kappa shape index (κ1) is 33.9. The number of pyridine rings is 1. The van der Waals surface area contributed by atoms with Gasteiger partial charge in [-0.05, 0) is 83.5 Å². The van der Waals surface area contributed by atoms with E-state index in [1.54, 1.807) is 64.2 Å². The van der Waals surface area contributed by atoms with Crippen LogP contribution < -0.4 is 10.0 Å². The van der Waals surface area contributed by atoms with Crippen molar-refractivity contribution in [3.63, 3.8) is 0 Å². The number of alkyl carbamates (subject to hydrolysis) is 1. The molecule has 0 fully saturated rings. The van der Waals surface area contributed by atoms with Crippen molar-refractivity contribution in [1.82, 2.24) is 24.8 Å². The Morgan fingerprint density at radius 3 is 2.44 bits per heavy atom. The molecule has 0 unspecified atom stereocenters. The van der Waals surface area contributed by atoms with E-state index in [0.29, 0.717) is 22.2 Å². The normalized spacial score (nSPS) is 12.8. The molecule has 0 aliphatic rings. The van der Waals surface area contributed by atoms with Crippen molar-refractivity contribution in [3.05, 3.63) is 76.3 Å². The molecule has 1 atom stereocenters. The molecule has 0 saturated heterocycles. The maximum atomic E-state index is 14.3. The first-order valence-electron chi connectivity index (χ1n) is 14.0. The fourth-order valence-corrected chi connectivity index (χ4v) is 5.81. The number of aliphatic hydroxyl groups is 1. The van der Waals surface area contributed by atoms with Gasteiger partial charge in [0.1, 0.15) is 17.1 Å². The predicted octanol–water partition coefficient (Wildman–Crippen LogP) is 5.27. The smallest absolute Gasteiger partial charge is 0.408 e. The van der Waals surface area contributed by atoms with Gasteiger partial charge in [-0.2, -0.15) is 5.10 Å². The number of carbonyl (C=O) groups is 1. The van der Waals surface area contributed by atoms with Crippen LogP contribution in [0, 0.1) is 17.7 Å². The Morgan fingerprint density at radius 2 is 1.82 bits per heavy atom. The first-order valence-corrected chi connectivity index (χ1v) is 15.8. The zero-order chi connectivity index (χ0) is 33.3. The van der Waals surface area contributed by atoms with Crippen LogP contribution >= 0.6 is 11.6 Å². The topological polar surface area (TPSA) is 135 Å². The van der Waals surface area contributed by atoms with Gasteiger partial charge < -0.3 is 15.2 Å². The maximum Gasteiger partial charge on any atom is 0.408 e. The third kappa shape index (κ3) is 8.18. The largest absolute Gasteiger partial charge is 0.439 e. The second-order valence-electron chi connectivity index (χ2n) is 12.0. The van der Waals surface area contributed by atoms with E-state index < -0.39 is 39.2 Å². The molecule has 4 rings (SSSR count). The lowest BCUT2D eigenvalue weighted by Crippen LogP contribution is -2.41. The molecule has 0 aliphatic carbocycles. The van der Waals surface area contributed by atoms with Crippen molar-refractivity contribution < 1.29 is 27.4 Å². The number of ether oxygens (including phenoxy) is 1. The van der Waals surface area contributed by atoms with Crippen LogP contribution in [0.25, 0.3) is 22.0 Å². The van der Waals surface area contributed by atoms with Gasteiger partial charge in [0.15, 0.2) is 6.10 Å². The minimum atomic E-state index is -4.00. The number of halogens is 2. The third-order valence-electron chi connectivity index (χ3n) is 6.48. The Kier molecular flexibility index (Phi) is 9.61. The average molecular weight is 656 g/mol. The zero-order valence-electron chi connectivity index (χ0n) is 26.0. The van der Waals surface area contributed by atoms with Gasteiger partial charge in [0, 0.05) is 30.1 Å². The van der Waals surface area contributed by atoms with E-state index in [1.807, 2.05) is 0 Å². The van der Waals surface area contributed by atoms with Crippen LogP contribution in [-0.2, 0) is 28.2 Å². The van der Waals surface area contributed by atoms with Crippen molar-refractivity contribution in [2.24, 2.45) is 7.05 Å². The van der Waals surface area contributed by atoms with Crippen LogP contribution in [0.3, 0.4) is 0 Å². The summed E-state index contributed by atoms with van der Waals surface area (Å²) >= 11 is 6.55. The number of amides is 1. The number of rotatable bonds is 7. The molecule has 238 valence electrons. The van der Waals surface area contributed by atoms with Crippen molar-refractivity contribution in [2.75, 3.05) is 7.05 Å². The van der Waals surface area contributed by atoms with E-state index in [2.05, 4.69) is 27.0 Å². The SMILES string of the molecule is CNS(=O)(=O)c1nn(C)c2c(-c3ccc(C#CC(C)(C)O)nc3[C@H](Cc3cccc(F)c3)OC(=O)NC(C)(C)C)ccc(Cl)c12. The summed E-state index contributed by atoms with van der Waals surface area (Å²) < 4.78 is 49.7. The standard InChI is InChI=1S/C32H35ClFN5O5S/c1-31(2,3)37-30(40)44-25(18-19-9-8-10-20(34)17-19)27-22(12-11-21(36-27)15-16-32(4,5)41)23-13-14-24(33)26-28(23)39(7)38-29(26)45(42,43)35-6/h8-14,17,25,35,41H,18H2,1-7H3,(H,37,40)/t25-/m0/s1. The van der Waals surface area contributed by atoms with Crippen LogP contribution in [0.1, 0.15) is 57.7 Å². The fraction of sp³-hybridized carbons (Fsp3) is 0.344. The second-order valence-corrected chi connectivity index (χ2v) is 14.2. The molecule has 2 aromatic heterocycles. The van der Waals surface area contributed by atoms with Crippen LogP contribution in [0.4, 0.5) is 9.18 Å². The van der Waals surface area contributed by atoms with Crippen LogP contribution in [0.5, 0.6) is 0 Å². The Morgan fingerprint density at radius 1 is 1.13 bits per heavy atom. The lowest BCUT2D eigenvalue weighted by atomic mass is 9.95. The average Bonchev–Trinajstić information content (AvgIpc) is 3.29. The number of aryl methyl sites for hydroxylation is 1. The van der Waals surface area contributed by atoms with Gasteiger partial charge in [0.05, 0.1) is 21.6 Å². The molecule has 1 amide bonds. The number of benzene rings is 2. The van der Waals surface area contributed by atoms with E-state index >= 15 is 0 Å². The number of sulfonamides is 1. The van der Waals surface area contributed by atoms with Crippen molar-refractivity contribution in [3.8, 4) is 23.0 Å². The minimum Gasteiger partial charge on any atom is -0.439 e. The van der Waals surface area contributed by atoms with Gasteiger partial charge in [0.25, 0.3) is 10.0 Å². The first-order chi connectivity index (χ1) is 20.9.